The number of rotatable bonds is 7. The van der Waals surface area contributed by atoms with Crippen LogP contribution in [0.4, 0.5) is 19.0 Å². The van der Waals surface area contributed by atoms with Crippen molar-refractivity contribution in [3.05, 3.63) is 17.6 Å². The van der Waals surface area contributed by atoms with Crippen LogP contribution in [0.3, 0.4) is 0 Å². The molecule has 1 amide bonds. The summed E-state index contributed by atoms with van der Waals surface area (Å²) in [5.74, 6) is -1.75. The highest BCUT2D eigenvalue weighted by molar-refractivity contribution is 5.79. The van der Waals surface area contributed by atoms with E-state index in [2.05, 4.69) is 15.3 Å². The maximum absolute atomic E-state index is 13.5. The highest BCUT2D eigenvalue weighted by Gasteiger charge is 2.50. The number of nitrogens with zero attached hydrogens (tertiary/aromatic N) is 4. The van der Waals surface area contributed by atoms with E-state index in [9.17, 15) is 22.8 Å². The molecule has 152 valence electrons. The van der Waals surface area contributed by atoms with Crippen molar-refractivity contribution in [3.63, 3.8) is 0 Å². The van der Waals surface area contributed by atoms with Crippen molar-refractivity contribution >= 4 is 17.5 Å². The van der Waals surface area contributed by atoms with Gasteiger partial charge in [-0.2, -0.15) is 18.4 Å². The average Bonchev–Trinajstić information content (AvgIpc) is 3.05. The summed E-state index contributed by atoms with van der Waals surface area (Å²) < 4.78 is 40.5. The van der Waals surface area contributed by atoms with Crippen molar-refractivity contribution in [3.8, 4) is 6.07 Å². The third-order valence-electron chi connectivity index (χ3n) is 4.55. The predicted molar refractivity (Wildman–Crippen MR) is 94.2 cm³/mol. The van der Waals surface area contributed by atoms with E-state index in [-0.39, 0.29) is 36.7 Å². The smallest absolute Gasteiger partial charge is 0.365 e. The number of hydrogen-bond acceptors (Lipinski definition) is 6. The Kier molecular flexibility index (Phi) is 6.94. The summed E-state index contributed by atoms with van der Waals surface area (Å²) in [5.41, 5.74) is 0.0630. The van der Waals surface area contributed by atoms with Gasteiger partial charge in [0.25, 0.3) is 0 Å². The molecule has 2 rings (SSSR count). The lowest BCUT2D eigenvalue weighted by Crippen LogP contribution is -2.38. The van der Waals surface area contributed by atoms with E-state index in [0.29, 0.717) is 18.7 Å². The van der Waals surface area contributed by atoms with Crippen LogP contribution in [0.2, 0.25) is 0 Å². The molecular formula is C18H22F3N5O2. The van der Waals surface area contributed by atoms with E-state index in [1.54, 1.807) is 6.92 Å². The first-order chi connectivity index (χ1) is 13.1. The molecule has 0 aromatic carbocycles. The molecule has 1 fully saturated rings. The van der Waals surface area contributed by atoms with Crippen molar-refractivity contribution in [2.45, 2.75) is 51.7 Å². The normalized spacial score (nSPS) is 19.4. The SMILES string of the molecule is CCc1nc(C#N)cc(N[C@@H]2CN(C(=O)CCCC(C)=O)C[C@H]2C(F)(F)F)n1. The average molecular weight is 397 g/mol. The maximum atomic E-state index is 13.5. The van der Waals surface area contributed by atoms with Gasteiger partial charge in [0.05, 0.1) is 12.0 Å². The largest absolute Gasteiger partial charge is 0.395 e. The number of aryl methyl sites for hydroxylation is 1. The quantitative estimate of drug-likeness (QED) is 0.759. The first kappa shape index (κ1) is 21.6. The minimum absolute atomic E-state index is 0.0307. The van der Waals surface area contributed by atoms with E-state index in [1.807, 2.05) is 6.07 Å². The summed E-state index contributed by atoms with van der Waals surface area (Å²) in [6.07, 6.45) is -3.50. The zero-order valence-corrected chi connectivity index (χ0v) is 15.7. The number of amides is 1. The lowest BCUT2D eigenvalue weighted by Gasteiger charge is -2.22. The van der Waals surface area contributed by atoms with Crippen molar-refractivity contribution in [2.75, 3.05) is 18.4 Å². The van der Waals surface area contributed by atoms with Crippen LogP contribution in [0.5, 0.6) is 0 Å². The Hall–Kier alpha value is -2.70. The summed E-state index contributed by atoms with van der Waals surface area (Å²) in [7, 11) is 0. The first-order valence-corrected chi connectivity index (χ1v) is 9.02. The molecule has 1 aromatic rings. The van der Waals surface area contributed by atoms with E-state index >= 15 is 0 Å². The standard InChI is InChI=1S/C18H22F3N5O2/c1-3-15-23-12(8-22)7-16(25-15)24-14-10-26(9-13(14)18(19,20)21)17(28)6-4-5-11(2)27/h7,13-14H,3-6,9-10H2,1-2H3,(H,23,24,25)/t13-,14-/m1/s1. The number of carbonyl (C=O) groups is 2. The minimum atomic E-state index is -4.50. The van der Waals surface area contributed by atoms with Gasteiger partial charge in [0.2, 0.25) is 5.91 Å². The Balaban J connectivity index is 2.14. The van der Waals surface area contributed by atoms with Crippen LogP contribution in [0.25, 0.3) is 0 Å². The number of nitrogens with one attached hydrogen (secondary N) is 1. The Morgan fingerprint density at radius 2 is 2.04 bits per heavy atom. The molecule has 10 heteroatoms. The molecule has 7 nitrogen and oxygen atoms in total. The zero-order chi connectivity index (χ0) is 20.9. The maximum Gasteiger partial charge on any atom is 0.395 e. The van der Waals surface area contributed by atoms with Crippen molar-refractivity contribution in [1.82, 2.24) is 14.9 Å². The summed E-state index contributed by atoms with van der Waals surface area (Å²) in [6, 6.07) is 2.08. The summed E-state index contributed by atoms with van der Waals surface area (Å²) in [4.78, 5) is 32.5. The molecule has 0 bridgehead atoms. The molecule has 0 unspecified atom stereocenters. The van der Waals surface area contributed by atoms with Gasteiger partial charge < -0.3 is 15.0 Å². The van der Waals surface area contributed by atoms with Crippen LogP contribution >= 0.6 is 0 Å². The number of halogens is 3. The van der Waals surface area contributed by atoms with Crippen molar-refractivity contribution < 1.29 is 22.8 Å². The Labute approximate surface area is 160 Å². The number of ketones is 1. The number of hydrogen-bond donors (Lipinski definition) is 1. The van der Waals surface area contributed by atoms with E-state index in [0.717, 1.165) is 0 Å². The molecule has 1 aromatic heterocycles. The summed E-state index contributed by atoms with van der Waals surface area (Å²) >= 11 is 0. The second-order valence-corrected chi connectivity index (χ2v) is 6.77. The monoisotopic (exact) mass is 397 g/mol. The fourth-order valence-corrected chi connectivity index (χ4v) is 3.11. The van der Waals surface area contributed by atoms with Gasteiger partial charge >= 0.3 is 6.18 Å². The molecule has 2 atom stereocenters. The van der Waals surface area contributed by atoms with E-state index in [1.165, 1.54) is 17.9 Å². The molecule has 1 aliphatic rings. The van der Waals surface area contributed by atoms with Gasteiger partial charge in [0.15, 0.2) is 0 Å². The van der Waals surface area contributed by atoms with Crippen LogP contribution in [-0.2, 0) is 16.0 Å². The second-order valence-electron chi connectivity index (χ2n) is 6.77. The van der Waals surface area contributed by atoms with Crippen molar-refractivity contribution in [1.29, 1.82) is 5.26 Å². The number of carbonyl (C=O) groups excluding carboxylic acids is 2. The topological polar surface area (TPSA) is 99.0 Å². The molecule has 1 N–H and O–H groups in total. The highest BCUT2D eigenvalue weighted by atomic mass is 19.4. The number of nitriles is 1. The van der Waals surface area contributed by atoms with Gasteiger partial charge in [0.1, 0.15) is 29.2 Å². The molecule has 0 spiro atoms. The summed E-state index contributed by atoms with van der Waals surface area (Å²) in [5, 5.41) is 11.8. The Morgan fingerprint density at radius 1 is 1.32 bits per heavy atom. The third-order valence-corrected chi connectivity index (χ3v) is 4.55. The minimum Gasteiger partial charge on any atom is -0.365 e. The van der Waals surface area contributed by atoms with Gasteiger partial charge in [0, 0.05) is 38.4 Å². The lowest BCUT2D eigenvalue weighted by molar-refractivity contribution is -0.172. The second kappa shape index (κ2) is 8.99. The Bertz CT molecular complexity index is 775. The predicted octanol–water partition coefficient (Wildman–Crippen LogP) is 2.47. The number of Topliss-reactive ketones (excluding diaryl/α,β-unsaturated/α-hetero) is 1. The van der Waals surface area contributed by atoms with Crippen LogP contribution in [0, 0.1) is 17.2 Å². The van der Waals surface area contributed by atoms with Crippen molar-refractivity contribution in [2.24, 2.45) is 5.92 Å². The molecule has 28 heavy (non-hydrogen) atoms. The van der Waals surface area contributed by atoms with E-state index in [4.69, 9.17) is 5.26 Å². The fraction of sp³-hybridized carbons (Fsp3) is 0.611. The molecule has 2 heterocycles. The Morgan fingerprint density at radius 3 is 2.61 bits per heavy atom. The lowest BCUT2D eigenvalue weighted by atomic mass is 10.0. The van der Waals surface area contributed by atoms with E-state index < -0.39 is 30.6 Å². The zero-order valence-electron chi connectivity index (χ0n) is 15.7. The van der Waals surface area contributed by atoms with Gasteiger partial charge in [-0.05, 0) is 13.3 Å². The summed E-state index contributed by atoms with van der Waals surface area (Å²) in [6.45, 7) is 2.60. The number of aromatic nitrogens is 2. The fourth-order valence-electron chi connectivity index (χ4n) is 3.11. The van der Waals surface area contributed by atoms with Gasteiger partial charge in [-0.25, -0.2) is 9.97 Å². The highest BCUT2D eigenvalue weighted by Crippen LogP contribution is 2.35. The number of anilines is 1. The van der Waals surface area contributed by atoms with Gasteiger partial charge in [-0.1, -0.05) is 6.92 Å². The number of likely N-dealkylation sites (tertiary alicyclic amines) is 1. The van der Waals surface area contributed by atoms with Crippen LogP contribution in [-0.4, -0.2) is 51.9 Å². The molecule has 0 radical (unpaired) electrons. The molecule has 0 saturated carbocycles. The molecular weight excluding hydrogens is 375 g/mol. The molecule has 0 aliphatic carbocycles. The van der Waals surface area contributed by atoms with Gasteiger partial charge in [-0.15, -0.1) is 0 Å². The molecule has 1 aliphatic heterocycles. The van der Waals surface area contributed by atoms with Crippen LogP contribution in [0.1, 0.15) is 44.6 Å². The van der Waals surface area contributed by atoms with Crippen LogP contribution < -0.4 is 5.32 Å². The first-order valence-electron chi connectivity index (χ1n) is 9.02. The van der Waals surface area contributed by atoms with Crippen LogP contribution in [0.15, 0.2) is 6.07 Å². The molecule has 1 saturated heterocycles. The number of alkyl halides is 3. The van der Waals surface area contributed by atoms with Gasteiger partial charge in [-0.3, -0.25) is 4.79 Å². The third kappa shape index (κ3) is 5.65.